The number of fused-ring (bicyclic) bond motifs is 1. The lowest BCUT2D eigenvalue weighted by Gasteiger charge is -2.08. The summed E-state index contributed by atoms with van der Waals surface area (Å²) in [5.74, 6) is 0.688. The first-order valence-corrected chi connectivity index (χ1v) is 6.08. The first kappa shape index (κ1) is 11.7. The van der Waals surface area contributed by atoms with Crippen LogP contribution in [0.1, 0.15) is 0 Å². The van der Waals surface area contributed by atoms with Gasteiger partial charge >= 0.3 is 0 Å². The second-order valence-corrected chi connectivity index (χ2v) is 4.24. The molecule has 0 saturated heterocycles. The molecule has 0 atom stereocenters. The normalized spacial score (nSPS) is 11.0. The van der Waals surface area contributed by atoms with Gasteiger partial charge in [0.05, 0.1) is 23.3 Å². The number of nitrogens with zero attached hydrogens (tertiary/aromatic N) is 3. The molecule has 19 heavy (non-hydrogen) atoms. The molecule has 3 aromatic rings. The van der Waals surface area contributed by atoms with Crippen molar-refractivity contribution >= 4 is 16.7 Å². The average Bonchev–Trinajstić information content (AvgIpc) is 2.79. The van der Waals surface area contributed by atoms with Gasteiger partial charge in [-0.1, -0.05) is 12.1 Å². The number of para-hydroxylation sites is 2. The zero-order chi connectivity index (χ0) is 13.2. The number of anilines is 1. The number of hydrogen-bond donors (Lipinski definition) is 2. The summed E-state index contributed by atoms with van der Waals surface area (Å²) in [6.45, 7) is 0.506. The molecule has 0 aliphatic heterocycles. The molecule has 0 amide bonds. The first-order chi connectivity index (χ1) is 9.31. The summed E-state index contributed by atoms with van der Waals surface area (Å²) in [5.41, 5.74) is 9.03. The highest BCUT2D eigenvalue weighted by molar-refractivity contribution is 5.82. The summed E-state index contributed by atoms with van der Waals surface area (Å²) in [5, 5.41) is 9.24. The SMILES string of the molecule is Nc1cccnc1-c1nc2ccccc2n1CCO. The summed E-state index contributed by atoms with van der Waals surface area (Å²) >= 11 is 0. The Labute approximate surface area is 110 Å². The fourth-order valence-electron chi connectivity index (χ4n) is 2.19. The van der Waals surface area contributed by atoms with Gasteiger partial charge in [-0.05, 0) is 24.3 Å². The topological polar surface area (TPSA) is 77.0 Å². The molecular weight excluding hydrogens is 240 g/mol. The van der Waals surface area contributed by atoms with Crippen LogP contribution in [0.25, 0.3) is 22.6 Å². The monoisotopic (exact) mass is 254 g/mol. The number of benzene rings is 1. The molecule has 0 aliphatic rings. The smallest absolute Gasteiger partial charge is 0.162 e. The summed E-state index contributed by atoms with van der Waals surface area (Å²) in [4.78, 5) is 8.87. The van der Waals surface area contributed by atoms with E-state index < -0.39 is 0 Å². The van der Waals surface area contributed by atoms with E-state index in [1.807, 2.05) is 28.8 Å². The van der Waals surface area contributed by atoms with E-state index in [1.54, 1.807) is 18.3 Å². The molecule has 0 bridgehead atoms. The fourth-order valence-corrected chi connectivity index (χ4v) is 2.19. The van der Waals surface area contributed by atoms with Crippen molar-refractivity contribution in [1.82, 2.24) is 14.5 Å². The van der Waals surface area contributed by atoms with Crippen LogP contribution >= 0.6 is 0 Å². The first-order valence-electron chi connectivity index (χ1n) is 6.08. The lowest BCUT2D eigenvalue weighted by Crippen LogP contribution is -2.06. The number of nitrogen functional groups attached to an aromatic ring is 1. The van der Waals surface area contributed by atoms with Gasteiger partial charge in [-0.25, -0.2) is 4.98 Å². The Bertz CT molecular complexity index is 720. The maximum atomic E-state index is 9.24. The minimum Gasteiger partial charge on any atom is -0.397 e. The molecule has 96 valence electrons. The van der Waals surface area contributed by atoms with Crippen LogP contribution in [0.4, 0.5) is 5.69 Å². The van der Waals surface area contributed by atoms with Crippen molar-refractivity contribution in [1.29, 1.82) is 0 Å². The lowest BCUT2D eigenvalue weighted by molar-refractivity contribution is 0.278. The Morgan fingerprint density at radius 3 is 2.79 bits per heavy atom. The molecule has 2 aromatic heterocycles. The van der Waals surface area contributed by atoms with E-state index in [2.05, 4.69) is 9.97 Å². The molecular formula is C14H14N4O. The van der Waals surface area contributed by atoms with Crippen LogP contribution in [0.2, 0.25) is 0 Å². The average molecular weight is 254 g/mol. The predicted molar refractivity (Wildman–Crippen MR) is 74.5 cm³/mol. The van der Waals surface area contributed by atoms with Crippen molar-refractivity contribution in [3.8, 4) is 11.5 Å². The number of aromatic nitrogens is 3. The third-order valence-electron chi connectivity index (χ3n) is 3.03. The summed E-state index contributed by atoms with van der Waals surface area (Å²) < 4.78 is 1.94. The van der Waals surface area contributed by atoms with Gasteiger partial charge in [0.1, 0.15) is 5.69 Å². The molecule has 0 spiro atoms. The van der Waals surface area contributed by atoms with Gasteiger partial charge < -0.3 is 15.4 Å². The zero-order valence-corrected chi connectivity index (χ0v) is 10.3. The zero-order valence-electron chi connectivity index (χ0n) is 10.3. The Kier molecular flexibility index (Phi) is 2.89. The van der Waals surface area contributed by atoms with E-state index in [0.717, 1.165) is 11.0 Å². The largest absolute Gasteiger partial charge is 0.397 e. The molecule has 2 heterocycles. The van der Waals surface area contributed by atoms with Crippen LogP contribution in [0.3, 0.4) is 0 Å². The second-order valence-electron chi connectivity index (χ2n) is 4.24. The molecule has 5 nitrogen and oxygen atoms in total. The Balaban J connectivity index is 2.28. The van der Waals surface area contributed by atoms with Gasteiger partial charge in [0.2, 0.25) is 0 Å². The third kappa shape index (κ3) is 1.94. The Morgan fingerprint density at radius 2 is 2.00 bits per heavy atom. The van der Waals surface area contributed by atoms with Crippen molar-refractivity contribution < 1.29 is 5.11 Å². The van der Waals surface area contributed by atoms with E-state index in [9.17, 15) is 5.11 Å². The molecule has 0 radical (unpaired) electrons. The molecule has 3 N–H and O–H groups in total. The van der Waals surface area contributed by atoms with Crippen molar-refractivity contribution in [2.24, 2.45) is 0 Å². The summed E-state index contributed by atoms with van der Waals surface area (Å²) in [6.07, 6.45) is 1.69. The van der Waals surface area contributed by atoms with Crippen LogP contribution in [-0.4, -0.2) is 26.2 Å². The van der Waals surface area contributed by atoms with Gasteiger partial charge in [-0.3, -0.25) is 4.98 Å². The number of aliphatic hydroxyl groups excluding tert-OH is 1. The van der Waals surface area contributed by atoms with Crippen LogP contribution in [0, 0.1) is 0 Å². The maximum Gasteiger partial charge on any atom is 0.162 e. The van der Waals surface area contributed by atoms with Crippen molar-refractivity contribution in [3.05, 3.63) is 42.6 Å². The highest BCUT2D eigenvalue weighted by Crippen LogP contribution is 2.26. The summed E-state index contributed by atoms with van der Waals surface area (Å²) in [6, 6.07) is 11.4. The number of nitrogens with two attached hydrogens (primary N) is 1. The van der Waals surface area contributed by atoms with Gasteiger partial charge in [0, 0.05) is 12.7 Å². The minimum absolute atomic E-state index is 0.0418. The second kappa shape index (κ2) is 4.70. The number of rotatable bonds is 3. The number of hydrogen-bond acceptors (Lipinski definition) is 4. The maximum absolute atomic E-state index is 9.24. The van der Waals surface area contributed by atoms with E-state index in [0.29, 0.717) is 23.8 Å². The van der Waals surface area contributed by atoms with Crippen molar-refractivity contribution in [3.63, 3.8) is 0 Å². The van der Waals surface area contributed by atoms with E-state index in [-0.39, 0.29) is 6.61 Å². The van der Waals surface area contributed by atoms with Crippen molar-refractivity contribution in [2.45, 2.75) is 6.54 Å². The number of pyridine rings is 1. The molecule has 0 fully saturated rings. The minimum atomic E-state index is 0.0418. The molecule has 1 aromatic carbocycles. The molecule has 0 unspecified atom stereocenters. The number of aliphatic hydroxyl groups is 1. The molecule has 5 heteroatoms. The van der Waals surface area contributed by atoms with Crippen LogP contribution < -0.4 is 5.73 Å². The lowest BCUT2D eigenvalue weighted by atomic mass is 10.3. The van der Waals surface area contributed by atoms with Gasteiger partial charge in [-0.15, -0.1) is 0 Å². The van der Waals surface area contributed by atoms with Crippen LogP contribution in [0.5, 0.6) is 0 Å². The Morgan fingerprint density at radius 1 is 1.16 bits per heavy atom. The quantitative estimate of drug-likeness (QED) is 0.745. The molecule has 0 saturated carbocycles. The fraction of sp³-hybridized carbons (Fsp3) is 0.143. The molecule has 3 rings (SSSR count). The van der Waals surface area contributed by atoms with E-state index >= 15 is 0 Å². The standard InChI is InChI=1S/C14H14N4O/c15-10-4-3-7-16-13(10)14-17-11-5-1-2-6-12(11)18(14)8-9-19/h1-7,19H,8-9,15H2. The predicted octanol–water partition coefficient (Wildman–Crippen LogP) is 1.67. The highest BCUT2D eigenvalue weighted by atomic mass is 16.3. The highest BCUT2D eigenvalue weighted by Gasteiger charge is 2.14. The van der Waals surface area contributed by atoms with Gasteiger partial charge in [0.15, 0.2) is 5.82 Å². The van der Waals surface area contributed by atoms with E-state index in [1.165, 1.54) is 0 Å². The van der Waals surface area contributed by atoms with Crippen molar-refractivity contribution in [2.75, 3.05) is 12.3 Å². The van der Waals surface area contributed by atoms with Crippen LogP contribution in [0.15, 0.2) is 42.6 Å². The number of imidazole rings is 1. The third-order valence-corrected chi connectivity index (χ3v) is 3.03. The van der Waals surface area contributed by atoms with Gasteiger partial charge in [0.25, 0.3) is 0 Å². The van der Waals surface area contributed by atoms with E-state index in [4.69, 9.17) is 5.73 Å². The molecule has 0 aliphatic carbocycles. The Hall–Kier alpha value is -2.40. The van der Waals surface area contributed by atoms with Gasteiger partial charge in [-0.2, -0.15) is 0 Å². The summed E-state index contributed by atoms with van der Waals surface area (Å²) in [7, 11) is 0. The van der Waals surface area contributed by atoms with Crippen LogP contribution in [-0.2, 0) is 6.54 Å².